The Balaban J connectivity index is 1.50. The summed E-state index contributed by atoms with van der Waals surface area (Å²) >= 11 is 1.53. The fraction of sp³-hybridized carbons (Fsp3) is 0.304. The van der Waals surface area contributed by atoms with E-state index in [1.165, 1.54) is 17.8 Å². The maximum atomic E-state index is 14.2. The lowest BCUT2D eigenvalue weighted by Crippen LogP contribution is -2.33. The van der Waals surface area contributed by atoms with Gasteiger partial charge in [-0.15, -0.1) is 0 Å². The molecule has 168 valence electrons. The van der Waals surface area contributed by atoms with E-state index in [2.05, 4.69) is 10.2 Å². The molecule has 1 unspecified atom stereocenters. The van der Waals surface area contributed by atoms with Gasteiger partial charge in [0.25, 0.3) is 5.91 Å². The number of rotatable bonds is 5. The van der Waals surface area contributed by atoms with Gasteiger partial charge in [-0.3, -0.25) is 9.89 Å². The van der Waals surface area contributed by atoms with E-state index in [1.807, 2.05) is 0 Å². The fourth-order valence-electron chi connectivity index (χ4n) is 3.74. The Bertz CT molecular complexity index is 1120. The molecule has 1 atom stereocenters. The van der Waals surface area contributed by atoms with Crippen LogP contribution in [0.4, 0.5) is 8.78 Å². The van der Waals surface area contributed by atoms with E-state index in [-0.39, 0.29) is 11.2 Å². The SMILES string of the molecule is COc1ccc(OC)c(-c2cc(C(=O)N3CCSC(c4cc(F)ccc4F)CC3)[nH]n2)c1. The first-order valence-electron chi connectivity index (χ1n) is 10.1. The van der Waals surface area contributed by atoms with Crippen molar-refractivity contribution in [1.29, 1.82) is 0 Å². The second-order valence-electron chi connectivity index (χ2n) is 7.34. The molecule has 32 heavy (non-hydrogen) atoms. The van der Waals surface area contributed by atoms with Gasteiger partial charge in [0.2, 0.25) is 0 Å². The van der Waals surface area contributed by atoms with E-state index in [1.54, 1.807) is 43.4 Å². The summed E-state index contributed by atoms with van der Waals surface area (Å²) in [7, 11) is 3.14. The summed E-state index contributed by atoms with van der Waals surface area (Å²) in [5.41, 5.74) is 1.96. The standard InChI is InChI=1S/C23H23F2N3O3S/c1-30-15-4-6-21(31-2)17(12-15)19-13-20(27-26-19)23(29)28-8-7-22(32-10-9-28)16-11-14(24)3-5-18(16)25/h3-6,11-13,22H,7-10H2,1-2H3,(H,26,27). The number of aromatic nitrogens is 2. The zero-order valence-electron chi connectivity index (χ0n) is 17.7. The molecule has 1 aromatic heterocycles. The lowest BCUT2D eigenvalue weighted by molar-refractivity contribution is 0.0760. The van der Waals surface area contributed by atoms with E-state index in [9.17, 15) is 13.6 Å². The van der Waals surface area contributed by atoms with Crippen molar-refractivity contribution in [2.45, 2.75) is 11.7 Å². The Labute approximate surface area is 188 Å². The molecule has 1 amide bonds. The van der Waals surface area contributed by atoms with Gasteiger partial charge >= 0.3 is 0 Å². The number of thioether (sulfide) groups is 1. The molecular formula is C23H23F2N3O3S. The lowest BCUT2D eigenvalue weighted by atomic mass is 10.1. The van der Waals surface area contributed by atoms with Gasteiger partial charge < -0.3 is 14.4 Å². The van der Waals surface area contributed by atoms with E-state index in [0.717, 1.165) is 12.1 Å². The molecule has 0 bridgehead atoms. The van der Waals surface area contributed by atoms with E-state index < -0.39 is 11.6 Å². The summed E-state index contributed by atoms with van der Waals surface area (Å²) in [4.78, 5) is 14.8. The van der Waals surface area contributed by atoms with Crippen molar-refractivity contribution in [3.05, 3.63) is 65.4 Å². The molecule has 2 aromatic carbocycles. The van der Waals surface area contributed by atoms with Crippen LogP contribution in [-0.4, -0.2) is 54.1 Å². The molecule has 1 aliphatic rings. The largest absolute Gasteiger partial charge is 0.497 e. The molecule has 1 saturated heterocycles. The molecule has 4 rings (SSSR count). The molecule has 1 N–H and O–H groups in total. The number of carbonyl (C=O) groups is 1. The number of hydrogen-bond donors (Lipinski definition) is 1. The van der Waals surface area contributed by atoms with E-state index >= 15 is 0 Å². The quantitative estimate of drug-likeness (QED) is 0.600. The summed E-state index contributed by atoms with van der Waals surface area (Å²) in [5, 5.41) is 6.90. The molecule has 0 spiro atoms. The average molecular weight is 460 g/mol. The number of ether oxygens (including phenoxy) is 2. The fourth-order valence-corrected chi connectivity index (χ4v) is 4.98. The summed E-state index contributed by atoms with van der Waals surface area (Å²) in [5.74, 6) is 0.814. The molecule has 9 heteroatoms. The number of nitrogens with one attached hydrogen (secondary N) is 1. The van der Waals surface area contributed by atoms with Crippen molar-refractivity contribution in [3.63, 3.8) is 0 Å². The van der Waals surface area contributed by atoms with Crippen molar-refractivity contribution in [1.82, 2.24) is 15.1 Å². The highest BCUT2D eigenvalue weighted by atomic mass is 32.2. The summed E-state index contributed by atoms with van der Waals surface area (Å²) < 4.78 is 38.5. The van der Waals surface area contributed by atoms with Gasteiger partial charge in [0.05, 0.1) is 19.9 Å². The first-order valence-corrected chi connectivity index (χ1v) is 11.2. The molecule has 0 aliphatic carbocycles. The zero-order chi connectivity index (χ0) is 22.7. The van der Waals surface area contributed by atoms with Gasteiger partial charge in [-0.25, -0.2) is 8.78 Å². The number of nitrogens with zero attached hydrogens (tertiary/aromatic N) is 2. The Morgan fingerprint density at radius 3 is 2.75 bits per heavy atom. The molecule has 1 fully saturated rings. The normalized spacial score (nSPS) is 16.5. The van der Waals surface area contributed by atoms with Crippen molar-refractivity contribution in [2.75, 3.05) is 33.1 Å². The van der Waals surface area contributed by atoms with Gasteiger partial charge in [-0.1, -0.05) is 0 Å². The van der Waals surface area contributed by atoms with Crippen LogP contribution >= 0.6 is 11.8 Å². The average Bonchev–Trinajstić information content (AvgIpc) is 3.18. The Hall–Kier alpha value is -3.07. The lowest BCUT2D eigenvalue weighted by Gasteiger charge is -2.19. The highest BCUT2D eigenvalue weighted by Gasteiger charge is 2.26. The number of hydrogen-bond acceptors (Lipinski definition) is 5. The highest BCUT2D eigenvalue weighted by Crippen LogP contribution is 2.37. The topological polar surface area (TPSA) is 67.5 Å². The van der Waals surface area contributed by atoms with Gasteiger partial charge in [-0.05, 0) is 48.9 Å². The third-order valence-corrected chi connectivity index (χ3v) is 6.73. The van der Waals surface area contributed by atoms with Crippen LogP contribution in [0.25, 0.3) is 11.3 Å². The number of H-pyrrole nitrogens is 1. The van der Waals surface area contributed by atoms with Gasteiger partial charge in [0, 0.05) is 35.2 Å². The Morgan fingerprint density at radius 1 is 1.12 bits per heavy atom. The van der Waals surface area contributed by atoms with Gasteiger partial charge in [-0.2, -0.15) is 16.9 Å². The van der Waals surface area contributed by atoms with Crippen LogP contribution in [0.5, 0.6) is 11.5 Å². The molecular weight excluding hydrogens is 436 g/mol. The second-order valence-corrected chi connectivity index (χ2v) is 8.65. The summed E-state index contributed by atoms with van der Waals surface area (Å²) in [6.45, 7) is 0.942. The van der Waals surface area contributed by atoms with Crippen LogP contribution < -0.4 is 9.47 Å². The molecule has 2 heterocycles. The molecule has 3 aromatic rings. The second kappa shape index (κ2) is 9.60. The van der Waals surface area contributed by atoms with Crippen LogP contribution in [0.1, 0.15) is 27.7 Å². The first-order chi connectivity index (χ1) is 15.5. The van der Waals surface area contributed by atoms with Crippen LogP contribution in [0.3, 0.4) is 0 Å². The van der Waals surface area contributed by atoms with Crippen LogP contribution in [0.2, 0.25) is 0 Å². The molecule has 0 radical (unpaired) electrons. The molecule has 6 nitrogen and oxygen atoms in total. The predicted octanol–water partition coefficient (Wildman–Crippen LogP) is 4.69. The van der Waals surface area contributed by atoms with Gasteiger partial charge in [0.15, 0.2) is 0 Å². The number of methoxy groups -OCH3 is 2. The zero-order valence-corrected chi connectivity index (χ0v) is 18.5. The number of aromatic amines is 1. The van der Waals surface area contributed by atoms with Gasteiger partial charge in [0.1, 0.15) is 28.8 Å². The van der Waals surface area contributed by atoms with Crippen molar-refractivity contribution < 1.29 is 23.0 Å². The maximum absolute atomic E-state index is 14.2. The Morgan fingerprint density at radius 2 is 1.97 bits per heavy atom. The van der Waals surface area contributed by atoms with E-state index in [0.29, 0.717) is 59.3 Å². The maximum Gasteiger partial charge on any atom is 0.271 e. The van der Waals surface area contributed by atoms with E-state index in [4.69, 9.17) is 9.47 Å². The number of amides is 1. The number of benzene rings is 2. The van der Waals surface area contributed by atoms with Crippen molar-refractivity contribution >= 4 is 17.7 Å². The summed E-state index contributed by atoms with van der Waals surface area (Å²) in [6, 6.07) is 10.6. The molecule has 1 aliphatic heterocycles. The number of halogens is 2. The third-order valence-electron chi connectivity index (χ3n) is 5.42. The smallest absolute Gasteiger partial charge is 0.271 e. The molecule has 0 saturated carbocycles. The Kier molecular flexibility index (Phi) is 6.64. The summed E-state index contributed by atoms with van der Waals surface area (Å²) in [6.07, 6.45) is 0.529. The van der Waals surface area contributed by atoms with Crippen LogP contribution in [-0.2, 0) is 0 Å². The van der Waals surface area contributed by atoms with Crippen LogP contribution in [0.15, 0.2) is 42.5 Å². The first kappa shape index (κ1) is 22.1. The predicted molar refractivity (Wildman–Crippen MR) is 119 cm³/mol. The minimum atomic E-state index is -0.461. The number of carbonyl (C=O) groups excluding carboxylic acids is 1. The monoisotopic (exact) mass is 459 g/mol. The van der Waals surface area contributed by atoms with Crippen molar-refractivity contribution in [3.8, 4) is 22.8 Å². The third kappa shape index (κ3) is 4.57. The van der Waals surface area contributed by atoms with Crippen LogP contribution in [0, 0.1) is 11.6 Å². The highest BCUT2D eigenvalue weighted by molar-refractivity contribution is 7.99. The van der Waals surface area contributed by atoms with Crippen molar-refractivity contribution in [2.24, 2.45) is 0 Å². The minimum Gasteiger partial charge on any atom is -0.497 e. The minimum absolute atomic E-state index is 0.188.